The van der Waals surface area contributed by atoms with Crippen LogP contribution < -0.4 is 4.74 Å². The first-order valence-electron chi connectivity index (χ1n) is 6.52. The zero-order chi connectivity index (χ0) is 15.0. The van der Waals surface area contributed by atoms with Gasteiger partial charge < -0.3 is 14.6 Å². The molecule has 0 atom stereocenters. The Labute approximate surface area is 130 Å². The Morgan fingerprint density at radius 2 is 1.75 bits per heavy atom. The van der Waals surface area contributed by atoms with Crippen LogP contribution in [0.4, 0.5) is 0 Å². The van der Waals surface area contributed by atoms with E-state index in [9.17, 15) is 5.11 Å². The molecule has 3 nitrogen and oxygen atoms in total. The number of ether oxygens (including phenoxy) is 2. The molecule has 1 rings (SSSR count). The van der Waals surface area contributed by atoms with Gasteiger partial charge in [-0.05, 0) is 26.7 Å². The molecule has 112 valence electrons. The van der Waals surface area contributed by atoms with Crippen LogP contribution in [0.25, 0.3) is 0 Å². The third-order valence-corrected chi connectivity index (χ3v) is 3.08. The van der Waals surface area contributed by atoms with Crippen LogP contribution in [0.2, 0.25) is 10.0 Å². The van der Waals surface area contributed by atoms with Crippen LogP contribution >= 0.6 is 23.2 Å². The summed E-state index contributed by atoms with van der Waals surface area (Å²) in [4.78, 5) is 0. The molecule has 0 aliphatic heterocycles. The number of phenolic OH excluding ortho intramolecular Hbond substituents is 1. The number of rotatable bonds is 8. The molecule has 0 aliphatic rings. The van der Waals surface area contributed by atoms with E-state index in [1.807, 2.05) is 19.9 Å². The molecular formula is C15H20Cl2O3. The molecule has 1 aromatic rings. The summed E-state index contributed by atoms with van der Waals surface area (Å²) in [5.74, 6) is 0.441. The second-order valence-corrected chi connectivity index (χ2v) is 5.46. The van der Waals surface area contributed by atoms with Crippen molar-refractivity contribution in [1.29, 1.82) is 0 Å². The summed E-state index contributed by atoms with van der Waals surface area (Å²) in [5, 5.41) is 9.93. The number of unbranched alkanes of at least 4 members (excludes halogenated alkanes) is 1. The molecule has 0 spiro atoms. The van der Waals surface area contributed by atoms with E-state index in [0.29, 0.717) is 35.6 Å². The second-order valence-electron chi connectivity index (χ2n) is 4.65. The van der Waals surface area contributed by atoms with E-state index in [2.05, 4.69) is 0 Å². The van der Waals surface area contributed by atoms with Gasteiger partial charge >= 0.3 is 0 Å². The first-order chi connectivity index (χ1) is 9.50. The van der Waals surface area contributed by atoms with Crippen molar-refractivity contribution in [2.75, 3.05) is 19.8 Å². The lowest BCUT2D eigenvalue weighted by molar-refractivity contribution is 0.152. The molecule has 0 unspecified atom stereocenters. The highest BCUT2D eigenvalue weighted by molar-refractivity contribution is 6.37. The Balaban J connectivity index is 2.20. The molecular weight excluding hydrogens is 299 g/mol. The zero-order valence-electron chi connectivity index (χ0n) is 11.8. The number of hydrogen-bond donors (Lipinski definition) is 1. The summed E-state index contributed by atoms with van der Waals surface area (Å²) < 4.78 is 11.0. The number of halogens is 2. The van der Waals surface area contributed by atoms with Gasteiger partial charge in [-0.2, -0.15) is 0 Å². The first kappa shape index (κ1) is 17.2. The smallest absolute Gasteiger partial charge is 0.156 e. The molecule has 0 aromatic heterocycles. The topological polar surface area (TPSA) is 38.7 Å². The van der Waals surface area contributed by atoms with E-state index in [0.717, 1.165) is 12.8 Å². The Hall–Kier alpha value is -0.900. The minimum atomic E-state index is 0.0278. The fourth-order valence-corrected chi connectivity index (χ4v) is 2.06. The van der Waals surface area contributed by atoms with Gasteiger partial charge in [0, 0.05) is 18.7 Å². The summed E-state index contributed by atoms with van der Waals surface area (Å²) in [6.07, 6.45) is 3.80. The lowest BCUT2D eigenvalue weighted by atomic mass is 10.3. The summed E-state index contributed by atoms with van der Waals surface area (Å²) in [5.41, 5.74) is 1.25. The Morgan fingerprint density at radius 1 is 1.15 bits per heavy atom. The molecule has 0 amide bonds. The van der Waals surface area contributed by atoms with Crippen molar-refractivity contribution >= 4 is 23.2 Å². The molecule has 1 aromatic carbocycles. The van der Waals surface area contributed by atoms with Gasteiger partial charge in [-0.25, -0.2) is 0 Å². The molecule has 0 saturated carbocycles. The van der Waals surface area contributed by atoms with E-state index in [1.54, 1.807) is 0 Å². The average molecular weight is 319 g/mol. The lowest BCUT2D eigenvalue weighted by Crippen LogP contribution is -2.02. The highest BCUT2D eigenvalue weighted by atomic mass is 35.5. The molecule has 0 heterocycles. The van der Waals surface area contributed by atoms with Gasteiger partial charge in [-0.15, -0.1) is 0 Å². The molecule has 20 heavy (non-hydrogen) atoms. The van der Waals surface area contributed by atoms with Crippen molar-refractivity contribution in [3.63, 3.8) is 0 Å². The highest BCUT2D eigenvalue weighted by Crippen LogP contribution is 2.36. The minimum Gasteiger partial charge on any atom is -0.508 e. The van der Waals surface area contributed by atoms with Crippen molar-refractivity contribution in [3.8, 4) is 11.5 Å². The average Bonchev–Trinajstić information content (AvgIpc) is 2.34. The van der Waals surface area contributed by atoms with Crippen molar-refractivity contribution in [1.82, 2.24) is 0 Å². The van der Waals surface area contributed by atoms with Crippen LogP contribution in [-0.2, 0) is 4.74 Å². The van der Waals surface area contributed by atoms with Crippen LogP contribution in [0.5, 0.6) is 11.5 Å². The predicted octanol–water partition coefficient (Wildman–Crippen LogP) is 4.84. The van der Waals surface area contributed by atoms with Crippen LogP contribution in [0, 0.1) is 0 Å². The fraction of sp³-hybridized carbons (Fsp3) is 0.467. The monoisotopic (exact) mass is 318 g/mol. The maximum atomic E-state index is 9.30. The zero-order valence-corrected chi connectivity index (χ0v) is 13.3. The lowest BCUT2D eigenvalue weighted by Gasteiger charge is -2.10. The van der Waals surface area contributed by atoms with Gasteiger partial charge in [0.1, 0.15) is 5.75 Å². The summed E-state index contributed by atoms with van der Waals surface area (Å²) in [7, 11) is 0. The Bertz CT molecular complexity index is 431. The fourth-order valence-electron chi connectivity index (χ4n) is 1.47. The van der Waals surface area contributed by atoms with Crippen LogP contribution in [0.15, 0.2) is 23.8 Å². The van der Waals surface area contributed by atoms with E-state index < -0.39 is 0 Å². The maximum absolute atomic E-state index is 9.30. The number of hydrogen-bond acceptors (Lipinski definition) is 3. The second kappa shape index (κ2) is 9.11. The SMILES string of the molecule is CC(C)=CCOCCCCOc1c(Cl)cc(O)cc1Cl. The Morgan fingerprint density at radius 3 is 2.35 bits per heavy atom. The molecule has 0 aliphatic carbocycles. The van der Waals surface area contributed by atoms with Crippen molar-refractivity contribution in [2.24, 2.45) is 0 Å². The third-order valence-electron chi connectivity index (χ3n) is 2.52. The first-order valence-corrected chi connectivity index (χ1v) is 7.28. The molecule has 0 radical (unpaired) electrons. The van der Waals surface area contributed by atoms with Gasteiger partial charge in [0.05, 0.1) is 23.3 Å². The number of benzene rings is 1. The molecule has 0 fully saturated rings. The molecule has 0 saturated heterocycles. The quantitative estimate of drug-likeness (QED) is 0.550. The van der Waals surface area contributed by atoms with E-state index in [-0.39, 0.29) is 5.75 Å². The van der Waals surface area contributed by atoms with Gasteiger partial charge in [-0.3, -0.25) is 0 Å². The number of phenols is 1. The maximum Gasteiger partial charge on any atom is 0.156 e. The summed E-state index contributed by atoms with van der Waals surface area (Å²) in [6.45, 7) is 5.95. The van der Waals surface area contributed by atoms with Crippen LogP contribution in [0.3, 0.4) is 0 Å². The molecule has 0 bridgehead atoms. The van der Waals surface area contributed by atoms with Crippen molar-refractivity contribution in [2.45, 2.75) is 26.7 Å². The Kier molecular flexibility index (Phi) is 7.82. The van der Waals surface area contributed by atoms with Gasteiger partial charge in [0.2, 0.25) is 0 Å². The van der Waals surface area contributed by atoms with Crippen LogP contribution in [-0.4, -0.2) is 24.9 Å². The predicted molar refractivity (Wildman–Crippen MR) is 83.1 cm³/mol. The summed E-state index contributed by atoms with van der Waals surface area (Å²) >= 11 is 11.9. The van der Waals surface area contributed by atoms with Crippen molar-refractivity contribution < 1.29 is 14.6 Å². The van der Waals surface area contributed by atoms with Gasteiger partial charge in [0.15, 0.2) is 5.75 Å². The number of allylic oxidation sites excluding steroid dienone is 1. The largest absolute Gasteiger partial charge is 0.508 e. The van der Waals surface area contributed by atoms with Crippen molar-refractivity contribution in [3.05, 3.63) is 33.8 Å². The molecule has 1 N–H and O–H groups in total. The van der Waals surface area contributed by atoms with Gasteiger partial charge in [-0.1, -0.05) is 34.9 Å². The summed E-state index contributed by atoms with van der Waals surface area (Å²) in [6, 6.07) is 2.82. The highest BCUT2D eigenvalue weighted by Gasteiger charge is 2.09. The van der Waals surface area contributed by atoms with E-state index in [1.165, 1.54) is 17.7 Å². The third kappa shape index (κ3) is 6.51. The van der Waals surface area contributed by atoms with E-state index in [4.69, 9.17) is 32.7 Å². The van der Waals surface area contributed by atoms with E-state index >= 15 is 0 Å². The van der Waals surface area contributed by atoms with Gasteiger partial charge in [0.25, 0.3) is 0 Å². The standard InChI is InChI=1S/C15H20Cl2O3/c1-11(2)5-8-19-6-3-4-7-20-15-13(16)9-12(18)10-14(15)17/h5,9-10,18H,3-4,6-8H2,1-2H3. The molecule has 5 heteroatoms. The number of aromatic hydroxyl groups is 1. The normalized spacial score (nSPS) is 10.4. The van der Waals surface area contributed by atoms with Crippen LogP contribution in [0.1, 0.15) is 26.7 Å². The minimum absolute atomic E-state index is 0.0278.